The highest BCUT2D eigenvalue weighted by Crippen LogP contribution is 2.35. The molecule has 1 N–H and O–H groups in total. The van der Waals surface area contributed by atoms with Crippen molar-refractivity contribution in [3.63, 3.8) is 0 Å². The van der Waals surface area contributed by atoms with Crippen LogP contribution in [0.3, 0.4) is 0 Å². The minimum atomic E-state index is -0.526. The van der Waals surface area contributed by atoms with Crippen LogP contribution in [0.4, 0.5) is 5.69 Å². The fraction of sp³-hybridized carbons (Fsp3) is 0.154. The zero-order valence-corrected chi connectivity index (χ0v) is 19.9. The maximum absolute atomic E-state index is 12.9. The van der Waals surface area contributed by atoms with Gasteiger partial charge >= 0.3 is 0 Å². The number of rotatable bonds is 8. The summed E-state index contributed by atoms with van der Waals surface area (Å²) in [4.78, 5) is 25.5. The Hall–Kier alpha value is -3.48. The molecule has 3 aromatic rings. The molecule has 3 aromatic carbocycles. The zero-order valence-electron chi connectivity index (χ0n) is 18.4. The Labute approximate surface area is 207 Å². The summed E-state index contributed by atoms with van der Waals surface area (Å²) >= 11 is 12.6. The summed E-state index contributed by atoms with van der Waals surface area (Å²) in [6.45, 7) is 2.78. The number of amides is 2. The predicted octanol–water partition coefficient (Wildman–Crippen LogP) is 5.61. The van der Waals surface area contributed by atoms with E-state index in [0.29, 0.717) is 41.7 Å². The quantitative estimate of drug-likeness (QED) is 0.250. The average Bonchev–Trinajstić information content (AvgIpc) is 3.09. The van der Waals surface area contributed by atoms with Crippen molar-refractivity contribution >= 4 is 46.8 Å². The number of para-hydroxylation sites is 1. The van der Waals surface area contributed by atoms with Gasteiger partial charge < -0.3 is 9.47 Å². The van der Waals surface area contributed by atoms with Gasteiger partial charge in [-0.25, -0.2) is 5.01 Å². The van der Waals surface area contributed by atoms with Gasteiger partial charge in [0.15, 0.2) is 0 Å². The molecule has 0 spiro atoms. The van der Waals surface area contributed by atoms with Crippen LogP contribution < -0.4 is 19.9 Å². The molecule has 0 saturated carbocycles. The summed E-state index contributed by atoms with van der Waals surface area (Å²) in [7, 11) is 0. The molecule has 8 heteroatoms. The summed E-state index contributed by atoms with van der Waals surface area (Å²) in [6, 6.07) is 19.8. The molecule has 4 rings (SSSR count). The van der Waals surface area contributed by atoms with E-state index in [0.717, 1.165) is 11.3 Å². The molecule has 2 amide bonds. The first-order valence-corrected chi connectivity index (χ1v) is 11.4. The third-order valence-electron chi connectivity index (χ3n) is 5.04. The largest absolute Gasteiger partial charge is 0.493 e. The van der Waals surface area contributed by atoms with Gasteiger partial charge in [-0.05, 0) is 55.0 Å². The Bertz CT molecular complexity index is 1240. The number of hydrogen-bond acceptors (Lipinski definition) is 4. The van der Waals surface area contributed by atoms with Crippen molar-refractivity contribution in [3.05, 3.63) is 93.5 Å². The predicted molar refractivity (Wildman–Crippen MR) is 133 cm³/mol. The van der Waals surface area contributed by atoms with Crippen LogP contribution in [0.1, 0.15) is 17.5 Å². The number of aryl methyl sites for hydroxylation is 1. The lowest BCUT2D eigenvalue weighted by molar-refractivity contribution is -0.117. The first-order chi connectivity index (χ1) is 16.4. The molecule has 0 aromatic heterocycles. The molecular formula is C26H22Cl2N2O4. The average molecular weight is 497 g/mol. The second-order valence-electron chi connectivity index (χ2n) is 7.65. The monoisotopic (exact) mass is 496 g/mol. The first-order valence-electron chi connectivity index (χ1n) is 10.7. The number of nitrogens with zero attached hydrogens (tertiary/aromatic N) is 1. The van der Waals surface area contributed by atoms with E-state index in [9.17, 15) is 9.59 Å². The Morgan fingerprint density at radius 2 is 1.71 bits per heavy atom. The molecule has 0 bridgehead atoms. The number of carbonyl (C=O) groups is 2. The fourth-order valence-corrected chi connectivity index (χ4v) is 4.00. The Morgan fingerprint density at radius 1 is 0.941 bits per heavy atom. The van der Waals surface area contributed by atoms with Crippen LogP contribution in [-0.4, -0.2) is 25.0 Å². The van der Waals surface area contributed by atoms with Crippen molar-refractivity contribution in [2.24, 2.45) is 0 Å². The molecule has 1 fully saturated rings. The molecule has 1 heterocycles. The normalized spacial score (nSPS) is 14.4. The highest BCUT2D eigenvalue weighted by Gasteiger charge is 2.34. The molecule has 0 radical (unpaired) electrons. The van der Waals surface area contributed by atoms with Gasteiger partial charge in [-0.1, -0.05) is 53.5 Å². The zero-order chi connectivity index (χ0) is 24.1. The lowest BCUT2D eigenvalue weighted by Crippen LogP contribution is -2.35. The summed E-state index contributed by atoms with van der Waals surface area (Å²) in [5.41, 5.74) is 4.64. The van der Waals surface area contributed by atoms with Gasteiger partial charge in [0.25, 0.3) is 11.8 Å². The van der Waals surface area contributed by atoms with Crippen molar-refractivity contribution in [1.82, 2.24) is 5.43 Å². The maximum atomic E-state index is 12.9. The summed E-state index contributed by atoms with van der Waals surface area (Å²) < 4.78 is 11.6. The van der Waals surface area contributed by atoms with Crippen molar-refractivity contribution in [3.8, 4) is 11.5 Å². The van der Waals surface area contributed by atoms with Crippen LogP contribution in [-0.2, 0) is 9.59 Å². The van der Waals surface area contributed by atoms with Gasteiger partial charge in [0, 0.05) is 17.0 Å². The van der Waals surface area contributed by atoms with E-state index in [1.54, 1.807) is 36.4 Å². The number of hydrazine groups is 1. The molecule has 0 aliphatic carbocycles. The number of nitrogens with one attached hydrogen (secondary N) is 1. The maximum Gasteiger partial charge on any atom is 0.282 e. The number of carbonyl (C=O) groups excluding carboxylic acids is 2. The Morgan fingerprint density at radius 3 is 2.47 bits per heavy atom. The van der Waals surface area contributed by atoms with E-state index in [2.05, 4.69) is 5.43 Å². The van der Waals surface area contributed by atoms with Crippen molar-refractivity contribution in [2.75, 3.05) is 18.2 Å². The lowest BCUT2D eigenvalue weighted by Gasteiger charge is -2.14. The van der Waals surface area contributed by atoms with Crippen molar-refractivity contribution in [2.45, 2.75) is 13.3 Å². The van der Waals surface area contributed by atoms with E-state index >= 15 is 0 Å². The Balaban J connectivity index is 1.47. The van der Waals surface area contributed by atoms with Crippen molar-refractivity contribution in [1.29, 1.82) is 0 Å². The molecule has 0 atom stereocenters. The van der Waals surface area contributed by atoms with Crippen LogP contribution >= 0.6 is 23.2 Å². The smallest absolute Gasteiger partial charge is 0.282 e. The van der Waals surface area contributed by atoms with E-state index < -0.39 is 11.8 Å². The van der Waals surface area contributed by atoms with E-state index in [1.807, 2.05) is 37.3 Å². The Kier molecular flexibility index (Phi) is 7.40. The van der Waals surface area contributed by atoms with Gasteiger partial charge in [-0.15, -0.1) is 0 Å². The van der Waals surface area contributed by atoms with Gasteiger partial charge in [0.2, 0.25) is 0 Å². The molecule has 1 aliphatic heterocycles. The van der Waals surface area contributed by atoms with Crippen LogP contribution in [0.2, 0.25) is 10.0 Å². The van der Waals surface area contributed by atoms with E-state index in [-0.39, 0.29) is 10.6 Å². The van der Waals surface area contributed by atoms with Crippen LogP contribution in [0, 0.1) is 6.92 Å². The third-order valence-corrected chi connectivity index (χ3v) is 5.54. The molecule has 1 aliphatic rings. The second kappa shape index (κ2) is 10.6. The van der Waals surface area contributed by atoms with Crippen LogP contribution in [0.5, 0.6) is 11.5 Å². The molecular weight excluding hydrogens is 475 g/mol. The van der Waals surface area contributed by atoms with Crippen LogP contribution in [0.25, 0.3) is 6.08 Å². The lowest BCUT2D eigenvalue weighted by atomic mass is 10.1. The SMILES string of the molecule is Cc1cccc(OCCCOc2c(Cl)cc(Cl)cc2/C=C2\C(=O)NN(c3ccccc3)C2=O)c1. The number of hydrogen-bond donors (Lipinski definition) is 1. The highest BCUT2D eigenvalue weighted by atomic mass is 35.5. The number of ether oxygens (including phenoxy) is 2. The summed E-state index contributed by atoms with van der Waals surface area (Å²) in [5.74, 6) is 0.129. The molecule has 174 valence electrons. The fourth-order valence-electron chi connectivity index (χ4n) is 3.44. The van der Waals surface area contributed by atoms with Gasteiger partial charge in [0.1, 0.15) is 17.1 Å². The number of halogens is 2. The number of benzene rings is 3. The van der Waals surface area contributed by atoms with Gasteiger partial charge in [-0.2, -0.15) is 0 Å². The highest BCUT2D eigenvalue weighted by molar-refractivity contribution is 6.36. The van der Waals surface area contributed by atoms with Crippen molar-refractivity contribution < 1.29 is 19.1 Å². The minimum absolute atomic E-state index is 0.0465. The molecule has 0 unspecified atom stereocenters. The number of anilines is 1. The first kappa shape index (κ1) is 23.7. The molecule has 6 nitrogen and oxygen atoms in total. The van der Waals surface area contributed by atoms with E-state index in [1.165, 1.54) is 11.1 Å². The molecule has 34 heavy (non-hydrogen) atoms. The minimum Gasteiger partial charge on any atom is -0.493 e. The van der Waals surface area contributed by atoms with Gasteiger partial charge in [-0.3, -0.25) is 15.0 Å². The standard InChI is InChI=1S/C26H22Cl2N2O4/c1-17-7-5-10-21(13-17)33-11-6-12-34-24-18(14-19(27)16-23(24)28)15-22-25(31)29-30(26(22)32)20-8-3-2-4-9-20/h2-5,7-10,13-16H,6,11-12H2,1H3,(H,29,31)/b22-15+. The second-order valence-corrected chi connectivity index (χ2v) is 8.49. The summed E-state index contributed by atoms with van der Waals surface area (Å²) in [5, 5.41) is 1.84. The third kappa shape index (κ3) is 5.53. The topological polar surface area (TPSA) is 67.9 Å². The van der Waals surface area contributed by atoms with Crippen LogP contribution in [0.15, 0.2) is 72.3 Å². The van der Waals surface area contributed by atoms with Gasteiger partial charge in [0.05, 0.1) is 23.9 Å². The van der Waals surface area contributed by atoms with E-state index in [4.69, 9.17) is 32.7 Å². The molecule has 1 saturated heterocycles. The summed E-state index contributed by atoms with van der Waals surface area (Å²) in [6.07, 6.45) is 2.04.